The van der Waals surface area contributed by atoms with E-state index in [-0.39, 0.29) is 17.6 Å². The SMILES string of the molecule is CCCCN(C(=O)Nc1ccccc1C(=O)O)C1CCN(Cc2ccc(Oc3ccc(NS(C)(=O)=O)cc3)cc2)CC1. The second kappa shape index (κ2) is 14.2. The van der Waals surface area contributed by atoms with Gasteiger partial charge in [0.2, 0.25) is 10.0 Å². The number of aromatic carboxylic acids is 1. The molecule has 1 aliphatic heterocycles. The molecule has 4 rings (SSSR count). The molecule has 0 saturated carbocycles. The number of rotatable bonds is 12. The lowest BCUT2D eigenvalue weighted by molar-refractivity contribution is 0.0698. The number of carbonyl (C=O) groups excluding carboxylic acids is 1. The maximum Gasteiger partial charge on any atom is 0.337 e. The largest absolute Gasteiger partial charge is 0.478 e. The van der Waals surface area contributed by atoms with E-state index in [0.717, 1.165) is 57.1 Å². The highest BCUT2D eigenvalue weighted by Crippen LogP contribution is 2.25. The molecule has 0 bridgehead atoms. The van der Waals surface area contributed by atoms with E-state index in [1.54, 1.807) is 42.5 Å². The van der Waals surface area contributed by atoms with Crippen molar-refractivity contribution < 1.29 is 27.9 Å². The van der Waals surface area contributed by atoms with Gasteiger partial charge in [-0.25, -0.2) is 18.0 Å². The van der Waals surface area contributed by atoms with Crippen LogP contribution in [0, 0.1) is 0 Å². The Morgan fingerprint density at radius 3 is 2.19 bits per heavy atom. The number of nitrogens with one attached hydrogen (secondary N) is 2. The van der Waals surface area contributed by atoms with Gasteiger partial charge in [-0.15, -0.1) is 0 Å². The molecule has 1 heterocycles. The van der Waals surface area contributed by atoms with E-state index < -0.39 is 16.0 Å². The molecule has 1 aliphatic rings. The molecule has 2 amide bonds. The molecule has 10 nitrogen and oxygen atoms in total. The number of carbonyl (C=O) groups is 2. The van der Waals surface area contributed by atoms with Crippen molar-refractivity contribution in [1.29, 1.82) is 0 Å². The smallest absolute Gasteiger partial charge is 0.337 e. The molecule has 224 valence electrons. The Balaban J connectivity index is 1.30. The van der Waals surface area contributed by atoms with Gasteiger partial charge < -0.3 is 20.1 Å². The topological polar surface area (TPSA) is 128 Å². The highest BCUT2D eigenvalue weighted by Gasteiger charge is 2.28. The van der Waals surface area contributed by atoms with Crippen LogP contribution >= 0.6 is 0 Å². The number of likely N-dealkylation sites (tertiary alicyclic amines) is 1. The molecule has 11 heteroatoms. The van der Waals surface area contributed by atoms with Crippen LogP contribution in [0.5, 0.6) is 11.5 Å². The molecular formula is C31H38N4O6S. The highest BCUT2D eigenvalue weighted by atomic mass is 32.2. The van der Waals surface area contributed by atoms with Crippen LogP contribution in [0.3, 0.4) is 0 Å². The monoisotopic (exact) mass is 594 g/mol. The Bertz CT molecular complexity index is 1450. The molecule has 1 saturated heterocycles. The van der Waals surface area contributed by atoms with E-state index in [4.69, 9.17) is 4.74 Å². The van der Waals surface area contributed by atoms with E-state index in [2.05, 4.69) is 21.9 Å². The molecule has 1 fully saturated rings. The van der Waals surface area contributed by atoms with Gasteiger partial charge in [-0.2, -0.15) is 0 Å². The van der Waals surface area contributed by atoms with Gasteiger partial charge in [0.15, 0.2) is 0 Å². The fraction of sp³-hybridized carbons (Fsp3) is 0.355. The number of nitrogens with zero attached hydrogens (tertiary/aromatic N) is 2. The summed E-state index contributed by atoms with van der Waals surface area (Å²) in [5, 5.41) is 12.3. The van der Waals surface area contributed by atoms with E-state index in [0.29, 0.717) is 29.4 Å². The summed E-state index contributed by atoms with van der Waals surface area (Å²) in [6, 6.07) is 20.9. The summed E-state index contributed by atoms with van der Waals surface area (Å²) in [6.07, 6.45) is 4.62. The van der Waals surface area contributed by atoms with Gasteiger partial charge in [-0.3, -0.25) is 9.62 Å². The zero-order valence-corrected chi connectivity index (χ0v) is 24.8. The van der Waals surface area contributed by atoms with E-state index in [9.17, 15) is 23.1 Å². The average molecular weight is 595 g/mol. The predicted molar refractivity (Wildman–Crippen MR) is 164 cm³/mol. The summed E-state index contributed by atoms with van der Waals surface area (Å²) in [4.78, 5) is 29.1. The fourth-order valence-electron chi connectivity index (χ4n) is 5.00. The van der Waals surface area contributed by atoms with Gasteiger partial charge in [0, 0.05) is 37.9 Å². The molecule has 0 aromatic heterocycles. The maximum atomic E-state index is 13.3. The van der Waals surface area contributed by atoms with Crippen LogP contribution in [0.1, 0.15) is 48.5 Å². The zero-order valence-electron chi connectivity index (χ0n) is 24.0. The number of carboxylic acids is 1. The molecule has 3 N–H and O–H groups in total. The standard InChI is InChI=1S/C31H38N4O6S/c1-3-4-19-35(31(38)32-29-8-6-5-7-28(29)30(36)37)25-17-20-34(21-18-25)22-23-9-13-26(14-10-23)41-27-15-11-24(12-16-27)33-42(2,39)40/h5-16,25,33H,3-4,17-22H2,1-2H3,(H,32,38)(H,36,37). The van der Waals surface area contributed by atoms with Crippen molar-refractivity contribution in [2.75, 3.05) is 35.9 Å². The van der Waals surface area contributed by atoms with Crippen LogP contribution in [-0.4, -0.2) is 67.3 Å². The average Bonchev–Trinajstić information content (AvgIpc) is 2.95. The first-order chi connectivity index (χ1) is 20.1. The Hall–Kier alpha value is -4.09. The third-order valence-corrected chi connectivity index (χ3v) is 7.74. The number of urea groups is 1. The number of hydrogen-bond acceptors (Lipinski definition) is 6. The van der Waals surface area contributed by atoms with Gasteiger partial charge in [0.25, 0.3) is 0 Å². The van der Waals surface area contributed by atoms with Crippen molar-refractivity contribution in [2.45, 2.75) is 45.2 Å². The number of hydrogen-bond donors (Lipinski definition) is 3. The van der Waals surface area contributed by atoms with Crippen molar-refractivity contribution in [3.63, 3.8) is 0 Å². The van der Waals surface area contributed by atoms with Crippen LogP contribution in [-0.2, 0) is 16.6 Å². The van der Waals surface area contributed by atoms with Gasteiger partial charge in [-0.1, -0.05) is 37.6 Å². The first kappa shape index (κ1) is 30.9. The Labute approximate surface area is 247 Å². The normalized spacial score (nSPS) is 14.2. The Kier molecular flexibility index (Phi) is 10.4. The Morgan fingerprint density at radius 2 is 1.60 bits per heavy atom. The van der Waals surface area contributed by atoms with Gasteiger partial charge in [0.05, 0.1) is 17.5 Å². The number of para-hydroxylation sites is 1. The van der Waals surface area contributed by atoms with Crippen LogP contribution in [0.4, 0.5) is 16.2 Å². The summed E-state index contributed by atoms with van der Waals surface area (Å²) in [5.74, 6) is 0.215. The molecule has 0 radical (unpaired) electrons. The van der Waals surface area contributed by atoms with Gasteiger partial charge in [0.1, 0.15) is 11.5 Å². The lowest BCUT2D eigenvalue weighted by atomic mass is 10.0. The second-order valence-corrected chi connectivity index (χ2v) is 12.2. The number of benzene rings is 3. The Morgan fingerprint density at radius 1 is 0.976 bits per heavy atom. The van der Waals surface area contributed by atoms with Crippen LogP contribution in [0.2, 0.25) is 0 Å². The predicted octanol–water partition coefficient (Wildman–Crippen LogP) is 5.85. The van der Waals surface area contributed by atoms with Gasteiger partial charge >= 0.3 is 12.0 Å². The summed E-state index contributed by atoms with van der Waals surface area (Å²) >= 11 is 0. The van der Waals surface area contributed by atoms with Crippen LogP contribution < -0.4 is 14.8 Å². The number of piperidine rings is 1. The first-order valence-corrected chi connectivity index (χ1v) is 16.0. The molecule has 0 aliphatic carbocycles. The quantitative estimate of drug-likeness (QED) is 0.240. The number of amides is 2. The lowest BCUT2D eigenvalue weighted by Gasteiger charge is -2.38. The fourth-order valence-corrected chi connectivity index (χ4v) is 5.56. The van der Waals surface area contributed by atoms with Crippen molar-refractivity contribution in [3.8, 4) is 11.5 Å². The van der Waals surface area contributed by atoms with Crippen molar-refractivity contribution in [1.82, 2.24) is 9.80 Å². The van der Waals surface area contributed by atoms with E-state index >= 15 is 0 Å². The minimum absolute atomic E-state index is 0.0762. The number of ether oxygens (including phenoxy) is 1. The van der Waals surface area contributed by atoms with Crippen LogP contribution in [0.25, 0.3) is 0 Å². The van der Waals surface area contributed by atoms with E-state index in [1.165, 1.54) is 6.07 Å². The third-order valence-electron chi connectivity index (χ3n) is 7.13. The van der Waals surface area contributed by atoms with Crippen molar-refractivity contribution in [3.05, 3.63) is 83.9 Å². The molecule has 0 unspecified atom stereocenters. The zero-order chi connectivity index (χ0) is 30.1. The minimum Gasteiger partial charge on any atom is -0.478 e. The van der Waals surface area contributed by atoms with Crippen LogP contribution in [0.15, 0.2) is 72.8 Å². The summed E-state index contributed by atoms with van der Waals surface area (Å²) in [5.41, 5.74) is 2.01. The molecule has 42 heavy (non-hydrogen) atoms. The number of unbranched alkanes of at least 4 members (excludes halogenated alkanes) is 1. The molecule has 0 atom stereocenters. The second-order valence-electron chi connectivity index (χ2n) is 10.5. The summed E-state index contributed by atoms with van der Waals surface area (Å²) < 4.78 is 31.1. The molecule has 0 spiro atoms. The maximum absolute atomic E-state index is 13.3. The highest BCUT2D eigenvalue weighted by molar-refractivity contribution is 7.92. The first-order valence-electron chi connectivity index (χ1n) is 14.1. The number of sulfonamides is 1. The number of anilines is 2. The summed E-state index contributed by atoms with van der Waals surface area (Å²) in [6.45, 7) is 5.19. The van der Waals surface area contributed by atoms with Crippen molar-refractivity contribution >= 4 is 33.4 Å². The third kappa shape index (κ3) is 8.95. The lowest BCUT2D eigenvalue weighted by Crippen LogP contribution is -2.49. The molecule has 3 aromatic rings. The van der Waals surface area contributed by atoms with E-state index in [1.807, 2.05) is 29.2 Å². The minimum atomic E-state index is -3.33. The summed E-state index contributed by atoms with van der Waals surface area (Å²) in [7, 11) is -3.33. The molecule has 3 aromatic carbocycles. The van der Waals surface area contributed by atoms with Crippen molar-refractivity contribution in [2.24, 2.45) is 0 Å². The number of carboxylic acid groups (broad SMARTS) is 1. The molecular weight excluding hydrogens is 556 g/mol. The van der Waals surface area contributed by atoms with Gasteiger partial charge in [-0.05, 0) is 73.4 Å².